The molecule has 1 atom stereocenters. The zero-order valence-corrected chi connectivity index (χ0v) is 10.8. The molecule has 0 aliphatic rings. The number of carbonyl (C=O) groups is 1. The van der Waals surface area contributed by atoms with Crippen LogP contribution < -0.4 is 5.06 Å². The van der Waals surface area contributed by atoms with Gasteiger partial charge in [0.2, 0.25) is 0 Å². The van der Waals surface area contributed by atoms with Crippen LogP contribution in [0.5, 0.6) is 0 Å². The van der Waals surface area contributed by atoms with E-state index in [-0.39, 0.29) is 6.04 Å². The van der Waals surface area contributed by atoms with E-state index >= 15 is 0 Å². The van der Waals surface area contributed by atoms with Crippen LogP contribution in [0.25, 0.3) is 0 Å². The van der Waals surface area contributed by atoms with E-state index < -0.39 is 0 Å². The summed E-state index contributed by atoms with van der Waals surface area (Å²) in [6.07, 6.45) is 4.20. The van der Waals surface area contributed by atoms with Crippen molar-refractivity contribution in [3.8, 4) is 0 Å². The first-order chi connectivity index (χ1) is 8.24. The summed E-state index contributed by atoms with van der Waals surface area (Å²) in [5.41, 5.74) is 2.22. The fraction of sp³-hybridized carbons (Fsp3) is 0.500. The second-order valence-corrected chi connectivity index (χ2v) is 4.12. The predicted octanol–water partition coefficient (Wildman–Crippen LogP) is 2.98. The average Bonchev–Trinajstić information content (AvgIpc) is 2.38. The standard InChI is InChI=1S/C14H21NO2/c1-4-5-8-13-9-6-7-10-14(13)15(17-3)12(2)11-16/h6-7,9-12H,4-5,8H2,1-3H3/t12-/m0/s1. The minimum atomic E-state index is -0.275. The monoisotopic (exact) mass is 235 g/mol. The van der Waals surface area contributed by atoms with Crippen molar-refractivity contribution in [1.29, 1.82) is 0 Å². The lowest BCUT2D eigenvalue weighted by atomic mass is 10.1. The van der Waals surface area contributed by atoms with Crippen molar-refractivity contribution in [2.75, 3.05) is 12.2 Å². The molecule has 0 saturated carbocycles. The summed E-state index contributed by atoms with van der Waals surface area (Å²) in [5, 5.41) is 1.66. The van der Waals surface area contributed by atoms with Gasteiger partial charge < -0.3 is 4.79 Å². The summed E-state index contributed by atoms with van der Waals surface area (Å²) in [5.74, 6) is 0. The van der Waals surface area contributed by atoms with Gasteiger partial charge >= 0.3 is 0 Å². The van der Waals surface area contributed by atoms with Gasteiger partial charge in [0.05, 0.1) is 12.8 Å². The molecule has 3 heteroatoms. The van der Waals surface area contributed by atoms with Gasteiger partial charge in [-0.15, -0.1) is 0 Å². The quantitative estimate of drug-likeness (QED) is 0.537. The number of hydroxylamine groups is 1. The Morgan fingerprint density at radius 2 is 2.12 bits per heavy atom. The summed E-state index contributed by atoms with van der Waals surface area (Å²) in [6, 6.07) is 7.80. The minimum absolute atomic E-state index is 0.275. The summed E-state index contributed by atoms with van der Waals surface area (Å²) in [4.78, 5) is 16.2. The van der Waals surface area contributed by atoms with Gasteiger partial charge in [-0.3, -0.25) is 4.84 Å². The number of benzene rings is 1. The van der Waals surface area contributed by atoms with Gasteiger partial charge in [-0.05, 0) is 31.4 Å². The van der Waals surface area contributed by atoms with E-state index in [0.29, 0.717) is 0 Å². The Labute approximate surface area is 103 Å². The molecule has 0 bridgehead atoms. The Hall–Kier alpha value is -1.35. The molecule has 0 saturated heterocycles. The van der Waals surface area contributed by atoms with Crippen LogP contribution in [0.3, 0.4) is 0 Å². The first kappa shape index (κ1) is 13.7. The third-order valence-electron chi connectivity index (χ3n) is 2.79. The van der Waals surface area contributed by atoms with Crippen LogP contribution in [0, 0.1) is 0 Å². The molecule has 3 nitrogen and oxygen atoms in total. The van der Waals surface area contributed by atoms with E-state index in [1.807, 2.05) is 25.1 Å². The molecule has 0 spiro atoms. The largest absolute Gasteiger partial charge is 0.301 e. The number of aryl methyl sites for hydroxylation is 1. The zero-order chi connectivity index (χ0) is 12.7. The maximum Gasteiger partial charge on any atom is 0.144 e. The summed E-state index contributed by atoms with van der Waals surface area (Å²) in [7, 11) is 1.59. The number of aldehydes is 1. The van der Waals surface area contributed by atoms with Gasteiger partial charge in [0.15, 0.2) is 0 Å². The summed E-state index contributed by atoms with van der Waals surface area (Å²) in [6.45, 7) is 4.00. The van der Waals surface area contributed by atoms with Crippen LogP contribution in [-0.2, 0) is 16.1 Å². The van der Waals surface area contributed by atoms with Crippen molar-refractivity contribution >= 4 is 12.0 Å². The van der Waals surface area contributed by atoms with Crippen LogP contribution in [0.2, 0.25) is 0 Å². The molecule has 0 aromatic heterocycles. The fourth-order valence-electron chi connectivity index (χ4n) is 1.84. The molecule has 17 heavy (non-hydrogen) atoms. The number of para-hydroxylation sites is 1. The maximum atomic E-state index is 10.9. The lowest BCUT2D eigenvalue weighted by molar-refractivity contribution is -0.110. The highest BCUT2D eigenvalue weighted by atomic mass is 16.7. The van der Waals surface area contributed by atoms with Crippen LogP contribution in [0.4, 0.5) is 5.69 Å². The number of unbranched alkanes of at least 4 members (excludes halogenated alkanes) is 1. The summed E-state index contributed by atoms with van der Waals surface area (Å²) >= 11 is 0. The fourth-order valence-corrected chi connectivity index (χ4v) is 1.84. The zero-order valence-electron chi connectivity index (χ0n) is 10.8. The van der Waals surface area contributed by atoms with Crippen LogP contribution in [0.1, 0.15) is 32.3 Å². The highest BCUT2D eigenvalue weighted by Crippen LogP contribution is 2.23. The molecule has 0 unspecified atom stereocenters. The van der Waals surface area contributed by atoms with Crippen LogP contribution in [-0.4, -0.2) is 19.4 Å². The van der Waals surface area contributed by atoms with E-state index in [0.717, 1.165) is 31.2 Å². The number of nitrogens with zero attached hydrogens (tertiary/aromatic N) is 1. The van der Waals surface area contributed by atoms with E-state index in [4.69, 9.17) is 4.84 Å². The van der Waals surface area contributed by atoms with Gasteiger partial charge in [-0.1, -0.05) is 31.5 Å². The molecule has 1 rings (SSSR count). The van der Waals surface area contributed by atoms with Crippen molar-refractivity contribution < 1.29 is 9.63 Å². The molecule has 0 aliphatic heterocycles. The first-order valence-electron chi connectivity index (χ1n) is 6.11. The Kier molecular flexibility index (Phi) is 5.70. The van der Waals surface area contributed by atoms with Gasteiger partial charge in [0.25, 0.3) is 0 Å². The normalized spacial score (nSPS) is 12.2. The second-order valence-electron chi connectivity index (χ2n) is 4.12. The third kappa shape index (κ3) is 3.56. The smallest absolute Gasteiger partial charge is 0.144 e. The van der Waals surface area contributed by atoms with Gasteiger partial charge in [-0.2, -0.15) is 0 Å². The van der Waals surface area contributed by atoms with E-state index in [2.05, 4.69) is 13.0 Å². The minimum Gasteiger partial charge on any atom is -0.301 e. The Morgan fingerprint density at radius 3 is 2.71 bits per heavy atom. The van der Waals surface area contributed by atoms with Crippen LogP contribution in [0.15, 0.2) is 24.3 Å². The highest BCUT2D eigenvalue weighted by Gasteiger charge is 2.16. The molecule has 0 fully saturated rings. The predicted molar refractivity (Wildman–Crippen MR) is 70.1 cm³/mol. The lowest BCUT2D eigenvalue weighted by Crippen LogP contribution is -2.33. The van der Waals surface area contributed by atoms with E-state index in [1.54, 1.807) is 12.2 Å². The van der Waals surface area contributed by atoms with E-state index in [9.17, 15) is 4.79 Å². The molecule has 1 aromatic rings. The number of hydrogen-bond donors (Lipinski definition) is 0. The maximum absolute atomic E-state index is 10.9. The Bertz CT molecular complexity index is 352. The van der Waals surface area contributed by atoms with Crippen LogP contribution >= 0.6 is 0 Å². The van der Waals surface area contributed by atoms with Crippen molar-refractivity contribution in [2.45, 2.75) is 39.2 Å². The highest BCUT2D eigenvalue weighted by molar-refractivity contribution is 5.65. The first-order valence-corrected chi connectivity index (χ1v) is 6.11. The number of carbonyl (C=O) groups excluding carboxylic acids is 1. The molecule has 0 amide bonds. The van der Waals surface area contributed by atoms with Gasteiger partial charge in [-0.25, -0.2) is 5.06 Å². The topological polar surface area (TPSA) is 29.5 Å². The molecule has 0 heterocycles. The number of rotatable bonds is 7. The van der Waals surface area contributed by atoms with Crippen molar-refractivity contribution in [2.24, 2.45) is 0 Å². The van der Waals surface area contributed by atoms with Gasteiger partial charge in [0, 0.05) is 0 Å². The van der Waals surface area contributed by atoms with E-state index in [1.165, 1.54) is 5.56 Å². The number of anilines is 1. The van der Waals surface area contributed by atoms with Crippen molar-refractivity contribution in [1.82, 2.24) is 0 Å². The SMILES string of the molecule is CCCCc1ccccc1N(OC)[C@@H](C)C=O. The third-order valence-corrected chi connectivity index (χ3v) is 2.79. The average molecular weight is 235 g/mol. The van der Waals surface area contributed by atoms with Gasteiger partial charge in [0.1, 0.15) is 12.3 Å². The molecule has 0 N–H and O–H groups in total. The van der Waals surface area contributed by atoms with Crippen molar-refractivity contribution in [3.05, 3.63) is 29.8 Å². The lowest BCUT2D eigenvalue weighted by Gasteiger charge is -2.27. The Balaban J connectivity index is 2.96. The summed E-state index contributed by atoms with van der Waals surface area (Å²) < 4.78 is 0. The Morgan fingerprint density at radius 1 is 1.41 bits per heavy atom. The molecular weight excluding hydrogens is 214 g/mol. The number of hydrogen-bond acceptors (Lipinski definition) is 3. The molecule has 0 radical (unpaired) electrons. The molecule has 1 aromatic carbocycles. The molecule has 0 aliphatic carbocycles. The second kappa shape index (κ2) is 7.07. The molecule has 94 valence electrons. The molecular formula is C14H21NO2. The van der Waals surface area contributed by atoms with Crippen molar-refractivity contribution in [3.63, 3.8) is 0 Å².